The summed E-state index contributed by atoms with van der Waals surface area (Å²) in [7, 11) is 0. The average molecular weight is 280 g/mol. The molecule has 2 aromatic heterocycles. The molecular weight excluding hydrogens is 264 g/mol. The smallest absolute Gasteiger partial charge is 0.185 e. The van der Waals surface area contributed by atoms with Crippen molar-refractivity contribution in [2.45, 2.75) is 19.8 Å². The molecular formula is C12H16N4S2. The number of nitrogens with two attached hydrogens (primary N) is 1. The third kappa shape index (κ3) is 2.35. The Bertz CT molecular complexity index is 534. The first kappa shape index (κ1) is 11.9. The molecule has 1 aliphatic rings. The van der Waals surface area contributed by atoms with Crippen molar-refractivity contribution in [2.75, 3.05) is 23.7 Å². The van der Waals surface area contributed by atoms with Crippen molar-refractivity contribution >= 4 is 32.9 Å². The van der Waals surface area contributed by atoms with Gasteiger partial charge >= 0.3 is 0 Å². The van der Waals surface area contributed by atoms with Gasteiger partial charge in [0, 0.05) is 24.7 Å². The summed E-state index contributed by atoms with van der Waals surface area (Å²) in [4.78, 5) is 12.3. The largest absolute Gasteiger partial charge is 0.375 e. The second-order valence-corrected chi connectivity index (χ2v) is 6.67. The van der Waals surface area contributed by atoms with E-state index in [-0.39, 0.29) is 0 Å². The third-order valence-corrected chi connectivity index (χ3v) is 4.95. The maximum atomic E-state index is 5.66. The number of anilines is 2. The quantitative estimate of drug-likeness (QED) is 0.918. The molecule has 4 nitrogen and oxygen atoms in total. The van der Waals surface area contributed by atoms with E-state index in [0.29, 0.717) is 5.13 Å². The molecule has 1 fully saturated rings. The summed E-state index contributed by atoms with van der Waals surface area (Å²) in [6, 6.07) is 0. The van der Waals surface area contributed by atoms with Crippen LogP contribution in [0.4, 0.5) is 10.3 Å². The van der Waals surface area contributed by atoms with Gasteiger partial charge in [-0.2, -0.15) is 0 Å². The van der Waals surface area contributed by atoms with Crippen molar-refractivity contribution in [2.24, 2.45) is 5.92 Å². The fraction of sp³-hybridized carbons (Fsp3) is 0.500. The molecule has 3 heterocycles. The maximum absolute atomic E-state index is 5.66. The van der Waals surface area contributed by atoms with Crippen molar-refractivity contribution in [3.05, 3.63) is 11.6 Å². The van der Waals surface area contributed by atoms with Gasteiger partial charge < -0.3 is 10.6 Å². The summed E-state index contributed by atoms with van der Waals surface area (Å²) in [5, 5.41) is 3.72. The molecule has 0 bridgehead atoms. The Kier molecular flexibility index (Phi) is 3.22. The first-order valence-corrected chi connectivity index (χ1v) is 7.84. The lowest BCUT2D eigenvalue weighted by Gasteiger charge is -2.30. The lowest BCUT2D eigenvalue weighted by molar-refractivity contribution is 0.446. The van der Waals surface area contributed by atoms with Gasteiger partial charge in [-0.1, -0.05) is 18.3 Å². The summed E-state index contributed by atoms with van der Waals surface area (Å²) in [5.41, 5.74) is 6.62. The second-order valence-electron chi connectivity index (χ2n) is 4.77. The predicted octanol–water partition coefficient (Wildman–Crippen LogP) is 3.09. The molecule has 0 radical (unpaired) electrons. The molecule has 3 rings (SSSR count). The van der Waals surface area contributed by atoms with Crippen molar-refractivity contribution < 1.29 is 0 Å². The van der Waals surface area contributed by atoms with E-state index in [1.807, 2.05) is 11.6 Å². The molecule has 2 aromatic rings. The topological polar surface area (TPSA) is 55.0 Å². The fourth-order valence-corrected chi connectivity index (χ4v) is 3.84. The molecule has 0 spiro atoms. The Labute approximate surface area is 114 Å². The van der Waals surface area contributed by atoms with E-state index >= 15 is 0 Å². The Morgan fingerprint density at radius 3 is 3.11 bits per heavy atom. The number of hydrogen-bond donors (Lipinski definition) is 1. The summed E-state index contributed by atoms with van der Waals surface area (Å²) >= 11 is 3.19. The first-order chi connectivity index (χ1) is 8.72. The summed E-state index contributed by atoms with van der Waals surface area (Å²) < 4.78 is 0. The van der Waals surface area contributed by atoms with Gasteiger partial charge in [0.05, 0.1) is 10.6 Å². The summed E-state index contributed by atoms with van der Waals surface area (Å²) in [5.74, 6) is 0.765. The lowest BCUT2D eigenvalue weighted by Crippen LogP contribution is -2.34. The zero-order valence-corrected chi connectivity index (χ0v) is 11.9. The Hall–Kier alpha value is -1.14. The monoisotopic (exact) mass is 280 g/mol. The number of nitrogen functional groups attached to an aromatic ring is 1. The van der Waals surface area contributed by atoms with Gasteiger partial charge in [-0.25, -0.2) is 9.97 Å². The van der Waals surface area contributed by atoms with Crippen LogP contribution in [0.2, 0.25) is 0 Å². The lowest BCUT2D eigenvalue weighted by atomic mass is 10.0. The van der Waals surface area contributed by atoms with Gasteiger partial charge in [0.1, 0.15) is 0 Å². The van der Waals surface area contributed by atoms with Crippen molar-refractivity contribution in [1.29, 1.82) is 0 Å². The Balaban J connectivity index is 1.80. The normalized spacial score (nSPS) is 20.3. The highest BCUT2D eigenvalue weighted by Gasteiger charge is 2.19. The molecule has 0 amide bonds. The van der Waals surface area contributed by atoms with Crippen molar-refractivity contribution in [3.63, 3.8) is 0 Å². The van der Waals surface area contributed by atoms with Gasteiger partial charge in [-0.3, -0.25) is 0 Å². The molecule has 96 valence electrons. The molecule has 2 N–H and O–H groups in total. The minimum absolute atomic E-state index is 0.617. The maximum Gasteiger partial charge on any atom is 0.185 e. The van der Waals surface area contributed by atoms with E-state index in [4.69, 9.17) is 5.73 Å². The summed E-state index contributed by atoms with van der Waals surface area (Å²) in [6.07, 6.45) is 4.50. The highest BCUT2D eigenvalue weighted by molar-refractivity contribution is 7.19. The molecule has 6 heteroatoms. The van der Waals surface area contributed by atoms with Crippen LogP contribution in [0.5, 0.6) is 0 Å². The van der Waals surface area contributed by atoms with E-state index in [2.05, 4.69) is 21.8 Å². The van der Waals surface area contributed by atoms with Crippen LogP contribution < -0.4 is 10.6 Å². The Morgan fingerprint density at radius 1 is 1.50 bits per heavy atom. The zero-order chi connectivity index (χ0) is 12.5. The number of rotatable bonds is 2. The summed E-state index contributed by atoms with van der Waals surface area (Å²) in [6.45, 7) is 4.55. The van der Waals surface area contributed by atoms with Crippen LogP contribution in [-0.4, -0.2) is 23.1 Å². The highest BCUT2D eigenvalue weighted by Crippen LogP contribution is 2.33. The second kappa shape index (κ2) is 4.85. The molecule has 0 aromatic carbocycles. The molecule has 0 aliphatic carbocycles. The number of hydrogen-bond acceptors (Lipinski definition) is 6. The van der Waals surface area contributed by atoms with Crippen LogP contribution in [0.1, 0.15) is 19.8 Å². The number of piperidine rings is 1. The highest BCUT2D eigenvalue weighted by atomic mass is 32.1. The first-order valence-electron chi connectivity index (χ1n) is 6.14. The minimum Gasteiger partial charge on any atom is -0.375 e. The molecule has 1 aliphatic heterocycles. The van der Waals surface area contributed by atoms with E-state index < -0.39 is 0 Å². The van der Waals surface area contributed by atoms with Gasteiger partial charge in [0.15, 0.2) is 10.3 Å². The molecule has 18 heavy (non-hydrogen) atoms. The minimum atomic E-state index is 0.617. The van der Waals surface area contributed by atoms with Gasteiger partial charge in [-0.05, 0) is 18.8 Å². The number of aromatic nitrogens is 2. The van der Waals surface area contributed by atoms with Gasteiger partial charge in [-0.15, -0.1) is 11.3 Å². The van der Waals surface area contributed by atoms with Crippen molar-refractivity contribution in [1.82, 2.24) is 9.97 Å². The zero-order valence-electron chi connectivity index (χ0n) is 10.3. The van der Waals surface area contributed by atoms with Crippen molar-refractivity contribution in [3.8, 4) is 10.6 Å². The predicted molar refractivity (Wildman–Crippen MR) is 78.2 cm³/mol. The fourth-order valence-electron chi connectivity index (χ4n) is 2.29. The SMILES string of the molecule is CC1CCCN(c2ncc(-c3csc(N)n3)s2)C1. The molecule has 1 saturated heterocycles. The van der Waals surface area contributed by atoms with Crippen LogP contribution in [-0.2, 0) is 0 Å². The van der Waals surface area contributed by atoms with Crippen LogP contribution >= 0.6 is 22.7 Å². The van der Waals surface area contributed by atoms with E-state index in [1.54, 1.807) is 11.3 Å². The third-order valence-electron chi connectivity index (χ3n) is 3.20. The van der Waals surface area contributed by atoms with Crippen LogP contribution in [0, 0.1) is 5.92 Å². The van der Waals surface area contributed by atoms with E-state index in [9.17, 15) is 0 Å². The molecule has 1 atom stereocenters. The standard InChI is InChI=1S/C12H16N4S2/c1-8-3-2-4-16(6-8)12-14-5-10(18-12)9-7-17-11(13)15-9/h5,7-8H,2-4,6H2,1H3,(H2,13,15). The Morgan fingerprint density at radius 2 is 2.39 bits per heavy atom. The van der Waals surface area contributed by atoms with Gasteiger partial charge in [0.2, 0.25) is 0 Å². The average Bonchev–Trinajstić information content (AvgIpc) is 2.97. The van der Waals surface area contributed by atoms with E-state index in [1.165, 1.54) is 24.2 Å². The number of nitrogens with zero attached hydrogens (tertiary/aromatic N) is 3. The van der Waals surface area contributed by atoms with Crippen LogP contribution in [0.3, 0.4) is 0 Å². The molecule has 1 unspecified atom stereocenters. The van der Waals surface area contributed by atoms with E-state index in [0.717, 1.165) is 34.7 Å². The molecule has 0 saturated carbocycles. The van der Waals surface area contributed by atoms with Crippen LogP contribution in [0.25, 0.3) is 10.6 Å². The van der Waals surface area contributed by atoms with Crippen LogP contribution in [0.15, 0.2) is 11.6 Å². The van der Waals surface area contributed by atoms with Gasteiger partial charge in [0.25, 0.3) is 0 Å². The number of thiazole rings is 2.